The topological polar surface area (TPSA) is 49.5 Å². The predicted molar refractivity (Wildman–Crippen MR) is 119 cm³/mol. The molecule has 1 aliphatic heterocycles. The standard InChI is InChI=1S/C26H44N2O/c1-17(29)24-18(16-27)14-23-21-7-6-19-15-20(28-12-4-5-13-28)8-10-25(19,2)22(21)9-11-26(23,24)3/h6,17-18,20-24,29H,4-5,7-16,27H2,1-3H3/t17?,18-,20-,21+,22-,23-,24-,25-,26-/m0/s1. The second kappa shape index (κ2) is 7.35. The molecule has 1 saturated heterocycles. The molecule has 0 aromatic carbocycles. The van der Waals surface area contributed by atoms with Crippen LogP contribution in [0.2, 0.25) is 0 Å². The molecule has 164 valence electrons. The van der Waals surface area contributed by atoms with Gasteiger partial charge in [-0.25, -0.2) is 0 Å². The van der Waals surface area contributed by atoms with Gasteiger partial charge >= 0.3 is 0 Å². The lowest BCUT2D eigenvalue weighted by molar-refractivity contribution is -0.0682. The van der Waals surface area contributed by atoms with Gasteiger partial charge < -0.3 is 15.7 Å². The SMILES string of the molecule is CC(O)[C@H]1[C@H](CN)C[C@H]2[C@@H]3CC=C4C[C@@H](N5CCCC5)CC[C@]4(C)[C@H]3CC[C@@]21C. The fourth-order valence-electron chi connectivity index (χ4n) is 9.46. The molecule has 5 aliphatic rings. The largest absolute Gasteiger partial charge is 0.393 e. The van der Waals surface area contributed by atoms with Gasteiger partial charge in [0.25, 0.3) is 0 Å². The van der Waals surface area contributed by atoms with Crippen molar-refractivity contribution in [2.45, 2.75) is 90.7 Å². The van der Waals surface area contributed by atoms with Crippen molar-refractivity contribution in [3.05, 3.63) is 11.6 Å². The average molecular weight is 401 g/mol. The number of allylic oxidation sites excluding steroid dienone is 1. The fraction of sp³-hybridized carbons (Fsp3) is 0.923. The number of hydrogen-bond donors (Lipinski definition) is 2. The van der Waals surface area contributed by atoms with Gasteiger partial charge in [0, 0.05) is 6.04 Å². The number of nitrogens with two attached hydrogens (primary N) is 1. The normalized spacial score (nSPS) is 51.1. The number of fused-ring (bicyclic) bond motifs is 5. The smallest absolute Gasteiger partial charge is 0.0548 e. The maximum Gasteiger partial charge on any atom is 0.0548 e. The Kier molecular flexibility index (Phi) is 5.20. The van der Waals surface area contributed by atoms with Crippen LogP contribution in [0.25, 0.3) is 0 Å². The number of aliphatic hydroxyl groups excluding tert-OH is 1. The maximum absolute atomic E-state index is 10.7. The highest BCUT2D eigenvalue weighted by molar-refractivity contribution is 5.26. The first-order valence-corrected chi connectivity index (χ1v) is 12.7. The van der Waals surface area contributed by atoms with E-state index in [2.05, 4.69) is 24.8 Å². The second-order valence-electron chi connectivity index (χ2n) is 11.9. The molecule has 3 saturated carbocycles. The van der Waals surface area contributed by atoms with Crippen molar-refractivity contribution in [3.63, 3.8) is 0 Å². The van der Waals surface area contributed by atoms with E-state index in [4.69, 9.17) is 5.73 Å². The third-order valence-corrected chi connectivity index (χ3v) is 10.8. The summed E-state index contributed by atoms with van der Waals surface area (Å²) in [6, 6.07) is 0.815. The van der Waals surface area contributed by atoms with Gasteiger partial charge in [-0.05, 0) is 125 Å². The lowest BCUT2D eigenvalue weighted by atomic mass is 9.47. The van der Waals surface area contributed by atoms with Crippen molar-refractivity contribution in [1.29, 1.82) is 0 Å². The van der Waals surface area contributed by atoms with Gasteiger partial charge in [-0.1, -0.05) is 25.5 Å². The molecule has 0 amide bonds. The Bertz CT molecular complexity index is 653. The molecule has 1 heterocycles. The molecule has 5 rings (SSSR count). The summed E-state index contributed by atoms with van der Waals surface area (Å²) in [5.74, 6) is 3.31. The van der Waals surface area contributed by atoms with Crippen LogP contribution in [0.4, 0.5) is 0 Å². The number of likely N-dealkylation sites (tertiary alicyclic amines) is 1. The summed E-state index contributed by atoms with van der Waals surface area (Å²) in [7, 11) is 0. The molecular formula is C26H44N2O. The van der Waals surface area contributed by atoms with Crippen molar-refractivity contribution in [2.24, 2.45) is 46.2 Å². The van der Waals surface area contributed by atoms with E-state index in [1.54, 1.807) is 0 Å². The Labute approximate surface area is 178 Å². The third kappa shape index (κ3) is 3.01. The Morgan fingerprint density at radius 2 is 1.93 bits per heavy atom. The maximum atomic E-state index is 10.7. The van der Waals surface area contributed by atoms with Crippen LogP contribution in [-0.2, 0) is 0 Å². The number of aliphatic hydroxyl groups is 1. The molecule has 3 heteroatoms. The van der Waals surface area contributed by atoms with E-state index in [1.165, 1.54) is 70.9 Å². The van der Waals surface area contributed by atoms with Crippen molar-refractivity contribution >= 4 is 0 Å². The molecule has 4 fully saturated rings. The minimum atomic E-state index is -0.226. The molecule has 9 atom stereocenters. The van der Waals surface area contributed by atoms with Crippen molar-refractivity contribution in [2.75, 3.05) is 19.6 Å². The van der Waals surface area contributed by atoms with Crippen LogP contribution in [0.5, 0.6) is 0 Å². The molecule has 4 aliphatic carbocycles. The molecule has 0 aromatic rings. The van der Waals surface area contributed by atoms with E-state index >= 15 is 0 Å². The monoisotopic (exact) mass is 400 g/mol. The molecule has 0 radical (unpaired) electrons. The summed E-state index contributed by atoms with van der Waals surface area (Å²) in [6.07, 6.45) is 14.6. The van der Waals surface area contributed by atoms with Crippen LogP contribution in [0.15, 0.2) is 11.6 Å². The molecule has 0 aromatic heterocycles. The summed E-state index contributed by atoms with van der Waals surface area (Å²) in [5, 5.41) is 10.7. The van der Waals surface area contributed by atoms with Crippen LogP contribution in [0, 0.1) is 40.4 Å². The Balaban J connectivity index is 1.40. The second-order valence-corrected chi connectivity index (χ2v) is 11.9. The number of rotatable bonds is 3. The lowest BCUT2D eigenvalue weighted by Gasteiger charge is -2.58. The summed E-state index contributed by atoms with van der Waals surface area (Å²) < 4.78 is 0. The zero-order chi connectivity index (χ0) is 20.4. The van der Waals surface area contributed by atoms with Crippen LogP contribution in [0.1, 0.15) is 78.6 Å². The number of hydrogen-bond acceptors (Lipinski definition) is 3. The van der Waals surface area contributed by atoms with Crippen molar-refractivity contribution in [1.82, 2.24) is 4.90 Å². The van der Waals surface area contributed by atoms with Crippen molar-refractivity contribution < 1.29 is 5.11 Å². The first-order chi connectivity index (χ1) is 13.9. The predicted octanol–water partition coefficient (Wildman–Crippen LogP) is 4.60. The van der Waals surface area contributed by atoms with Gasteiger partial charge in [0.2, 0.25) is 0 Å². The summed E-state index contributed by atoms with van der Waals surface area (Å²) >= 11 is 0. The number of nitrogens with zero attached hydrogens (tertiary/aromatic N) is 1. The van der Waals surface area contributed by atoms with Crippen LogP contribution in [-0.4, -0.2) is 41.8 Å². The summed E-state index contributed by atoms with van der Waals surface area (Å²) in [6.45, 7) is 10.6. The highest BCUT2D eigenvalue weighted by Crippen LogP contribution is 2.67. The van der Waals surface area contributed by atoms with E-state index in [0.717, 1.165) is 30.3 Å². The zero-order valence-corrected chi connectivity index (χ0v) is 19.1. The highest BCUT2D eigenvalue weighted by Gasteiger charge is 2.61. The Morgan fingerprint density at radius 3 is 2.62 bits per heavy atom. The van der Waals surface area contributed by atoms with E-state index in [-0.39, 0.29) is 11.5 Å². The van der Waals surface area contributed by atoms with Gasteiger partial charge in [-0.2, -0.15) is 0 Å². The molecule has 0 bridgehead atoms. The Hall–Kier alpha value is -0.380. The lowest BCUT2D eigenvalue weighted by Crippen LogP contribution is -2.52. The van der Waals surface area contributed by atoms with E-state index < -0.39 is 0 Å². The molecule has 3 nitrogen and oxygen atoms in total. The van der Waals surface area contributed by atoms with E-state index in [9.17, 15) is 5.11 Å². The zero-order valence-electron chi connectivity index (χ0n) is 19.1. The van der Waals surface area contributed by atoms with Crippen molar-refractivity contribution in [3.8, 4) is 0 Å². The van der Waals surface area contributed by atoms with Gasteiger partial charge in [0.05, 0.1) is 6.10 Å². The average Bonchev–Trinajstić information content (AvgIpc) is 3.32. The Morgan fingerprint density at radius 1 is 1.17 bits per heavy atom. The van der Waals surface area contributed by atoms with Crippen LogP contribution in [0.3, 0.4) is 0 Å². The highest BCUT2D eigenvalue weighted by atomic mass is 16.3. The molecule has 3 N–H and O–H groups in total. The van der Waals surface area contributed by atoms with E-state index in [1.807, 2.05) is 12.5 Å². The summed E-state index contributed by atoms with van der Waals surface area (Å²) in [4.78, 5) is 2.79. The van der Waals surface area contributed by atoms with Crippen LogP contribution < -0.4 is 5.73 Å². The third-order valence-electron chi connectivity index (χ3n) is 10.8. The fourth-order valence-corrected chi connectivity index (χ4v) is 9.46. The van der Waals surface area contributed by atoms with Gasteiger partial charge in [-0.15, -0.1) is 0 Å². The van der Waals surface area contributed by atoms with Gasteiger partial charge in [0.1, 0.15) is 0 Å². The quantitative estimate of drug-likeness (QED) is 0.681. The van der Waals surface area contributed by atoms with Gasteiger partial charge in [-0.3, -0.25) is 0 Å². The minimum Gasteiger partial charge on any atom is -0.393 e. The first kappa shape index (κ1) is 20.5. The van der Waals surface area contributed by atoms with Gasteiger partial charge in [0.15, 0.2) is 0 Å². The molecular weight excluding hydrogens is 356 g/mol. The van der Waals surface area contributed by atoms with E-state index in [0.29, 0.717) is 17.3 Å². The first-order valence-electron chi connectivity index (χ1n) is 12.7. The van der Waals surface area contributed by atoms with Crippen LogP contribution >= 0.6 is 0 Å². The minimum absolute atomic E-state index is 0.226. The molecule has 0 spiro atoms. The summed E-state index contributed by atoms with van der Waals surface area (Å²) in [5.41, 5.74) is 8.75. The molecule has 1 unspecified atom stereocenters. The molecule has 29 heavy (non-hydrogen) atoms.